The van der Waals surface area contributed by atoms with E-state index in [0.717, 1.165) is 21.2 Å². The summed E-state index contributed by atoms with van der Waals surface area (Å²) < 4.78 is 12.1. The normalized spacial score (nSPS) is 12.7. The summed E-state index contributed by atoms with van der Waals surface area (Å²) in [7, 11) is -4.72. The Labute approximate surface area is 190 Å². The second-order valence-electron chi connectivity index (χ2n) is 6.79. The van der Waals surface area contributed by atoms with Crippen LogP contribution in [0.5, 0.6) is 0 Å². The highest BCUT2D eigenvalue weighted by Crippen LogP contribution is 2.44. The number of benzene rings is 3. The fourth-order valence-corrected chi connectivity index (χ4v) is 4.74. The van der Waals surface area contributed by atoms with Gasteiger partial charge in [0.25, 0.3) is 0 Å². The van der Waals surface area contributed by atoms with Crippen LogP contribution < -0.4 is 5.32 Å². The van der Waals surface area contributed by atoms with E-state index in [0.29, 0.717) is 10.6 Å². The molecule has 0 heterocycles. The monoisotopic (exact) mass is 473 g/mol. The maximum atomic E-state index is 12.6. The van der Waals surface area contributed by atoms with Gasteiger partial charge in [-0.3, -0.25) is 9.36 Å². The third-order valence-corrected chi connectivity index (χ3v) is 6.91. The maximum Gasteiger partial charge on any atom is 0.338 e. The molecule has 0 aliphatic rings. The zero-order chi connectivity index (χ0) is 22.4. The third-order valence-electron chi connectivity index (χ3n) is 4.63. The molecule has 31 heavy (non-hydrogen) atoms. The molecule has 1 unspecified atom stereocenters. The predicted molar refractivity (Wildman–Crippen MR) is 128 cm³/mol. The standard InChI is InChI=1S/C23H21ClNO4PS/c1-2-31-22-10-9-20(24)14-19(22)15-21(30(27,28)29)23(26)25-12-11-16-7-8-17-5-3-4-6-18(17)13-16/h2-14,21H,1,15H2,(H,25,26)(H2,27,28,29)/b12-11+. The lowest BCUT2D eigenvalue weighted by Crippen LogP contribution is -2.33. The predicted octanol–water partition coefficient (Wildman–Crippen LogP) is 5.60. The molecule has 3 N–H and O–H groups in total. The van der Waals surface area contributed by atoms with Gasteiger partial charge < -0.3 is 15.1 Å². The Kier molecular flexibility index (Phi) is 7.76. The molecular formula is C23H21ClNO4PS. The summed E-state index contributed by atoms with van der Waals surface area (Å²) in [5, 5.41) is 6.67. The van der Waals surface area contributed by atoms with Crippen LogP contribution in [0.15, 0.2) is 83.7 Å². The van der Waals surface area contributed by atoms with E-state index in [4.69, 9.17) is 11.6 Å². The van der Waals surface area contributed by atoms with Crippen LogP contribution in [0, 0.1) is 0 Å². The molecule has 0 aromatic heterocycles. The van der Waals surface area contributed by atoms with E-state index >= 15 is 0 Å². The Morgan fingerprint density at radius 2 is 1.87 bits per heavy atom. The minimum absolute atomic E-state index is 0.156. The summed E-state index contributed by atoms with van der Waals surface area (Å²) in [6.45, 7) is 3.66. The summed E-state index contributed by atoms with van der Waals surface area (Å²) in [6, 6.07) is 18.7. The van der Waals surface area contributed by atoms with Crippen molar-refractivity contribution in [3.05, 3.63) is 95.0 Å². The smallest absolute Gasteiger partial charge is 0.332 e. The fraction of sp³-hybridized carbons (Fsp3) is 0.0870. The molecule has 0 bridgehead atoms. The number of carbonyl (C=O) groups is 1. The first-order valence-electron chi connectivity index (χ1n) is 9.35. The van der Waals surface area contributed by atoms with E-state index in [1.807, 2.05) is 42.5 Å². The summed E-state index contributed by atoms with van der Waals surface area (Å²) >= 11 is 7.34. The summed E-state index contributed by atoms with van der Waals surface area (Å²) in [5.74, 6) is -0.764. The van der Waals surface area contributed by atoms with Crippen molar-refractivity contribution >= 4 is 53.7 Å². The Morgan fingerprint density at radius 1 is 1.13 bits per heavy atom. The van der Waals surface area contributed by atoms with Gasteiger partial charge in [-0.25, -0.2) is 0 Å². The second-order valence-corrected chi connectivity index (χ2v) is 10.0. The van der Waals surface area contributed by atoms with Crippen LogP contribution in [-0.2, 0) is 15.8 Å². The van der Waals surface area contributed by atoms with E-state index < -0.39 is 19.2 Å². The highest BCUT2D eigenvalue weighted by molar-refractivity contribution is 8.02. The molecule has 8 heteroatoms. The largest absolute Gasteiger partial charge is 0.338 e. The quantitative estimate of drug-likeness (QED) is 0.292. The number of rotatable bonds is 8. The average Bonchev–Trinajstić information content (AvgIpc) is 2.73. The van der Waals surface area contributed by atoms with E-state index in [1.165, 1.54) is 18.0 Å². The van der Waals surface area contributed by atoms with Gasteiger partial charge in [0.1, 0.15) is 5.66 Å². The van der Waals surface area contributed by atoms with Gasteiger partial charge >= 0.3 is 7.60 Å². The number of hydrogen-bond acceptors (Lipinski definition) is 3. The van der Waals surface area contributed by atoms with Crippen LogP contribution in [0.25, 0.3) is 16.8 Å². The van der Waals surface area contributed by atoms with Crippen molar-refractivity contribution in [1.82, 2.24) is 5.32 Å². The molecule has 1 amide bonds. The maximum absolute atomic E-state index is 12.6. The topological polar surface area (TPSA) is 86.6 Å². The average molecular weight is 474 g/mol. The van der Waals surface area contributed by atoms with Crippen LogP contribution in [0.2, 0.25) is 5.02 Å². The first-order valence-corrected chi connectivity index (χ1v) is 12.3. The first kappa shape index (κ1) is 23.3. The first-order chi connectivity index (χ1) is 14.8. The van der Waals surface area contributed by atoms with E-state index in [-0.39, 0.29) is 6.42 Å². The van der Waals surface area contributed by atoms with Crippen LogP contribution in [-0.4, -0.2) is 21.4 Å². The fourth-order valence-electron chi connectivity index (χ4n) is 3.11. The van der Waals surface area contributed by atoms with Gasteiger partial charge in [0.2, 0.25) is 5.91 Å². The van der Waals surface area contributed by atoms with Gasteiger partial charge in [-0.1, -0.05) is 66.3 Å². The molecule has 0 aliphatic carbocycles. The number of carbonyl (C=O) groups excluding carboxylic acids is 1. The summed E-state index contributed by atoms with van der Waals surface area (Å²) in [4.78, 5) is 33.0. The molecule has 0 saturated carbocycles. The molecule has 1 atom stereocenters. The SMILES string of the molecule is C=CSc1ccc(Cl)cc1CC(C(=O)N/C=C/c1ccc2ccccc2c1)P(=O)(O)O. The Bertz CT molecular complexity index is 1190. The number of hydrogen-bond donors (Lipinski definition) is 3. The zero-order valence-corrected chi connectivity index (χ0v) is 18.9. The number of amides is 1. The van der Waals surface area contributed by atoms with Crippen molar-refractivity contribution in [2.24, 2.45) is 0 Å². The van der Waals surface area contributed by atoms with E-state index in [9.17, 15) is 19.1 Å². The van der Waals surface area contributed by atoms with Gasteiger partial charge in [0.05, 0.1) is 0 Å². The zero-order valence-electron chi connectivity index (χ0n) is 16.4. The van der Waals surface area contributed by atoms with Gasteiger partial charge in [0, 0.05) is 16.1 Å². The van der Waals surface area contributed by atoms with Crippen molar-refractivity contribution in [1.29, 1.82) is 0 Å². The van der Waals surface area contributed by atoms with Crippen LogP contribution in [0.1, 0.15) is 11.1 Å². The second kappa shape index (κ2) is 10.3. The minimum atomic E-state index is -4.72. The van der Waals surface area contributed by atoms with Crippen LogP contribution >= 0.6 is 31.0 Å². The lowest BCUT2D eigenvalue weighted by molar-refractivity contribution is -0.120. The number of thioether (sulfide) groups is 1. The molecule has 0 saturated heterocycles. The van der Waals surface area contributed by atoms with Crippen LogP contribution in [0.4, 0.5) is 0 Å². The Hall–Kier alpha value is -2.34. The van der Waals surface area contributed by atoms with Crippen molar-refractivity contribution in [3.8, 4) is 0 Å². The number of nitrogens with one attached hydrogen (secondary N) is 1. The third kappa shape index (κ3) is 6.33. The molecule has 3 aromatic rings. The number of fused-ring (bicyclic) bond motifs is 1. The molecule has 0 radical (unpaired) electrons. The molecule has 160 valence electrons. The Balaban J connectivity index is 1.77. The van der Waals surface area contributed by atoms with Crippen molar-refractivity contribution in [3.63, 3.8) is 0 Å². The molecule has 0 fully saturated rings. The van der Waals surface area contributed by atoms with Gasteiger partial charge in [0.15, 0.2) is 0 Å². The molecule has 3 aromatic carbocycles. The summed E-state index contributed by atoms with van der Waals surface area (Å²) in [6.07, 6.45) is 2.92. The summed E-state index contributed by atoms with van der Waals surface area (Å²) in [5.41, 5.74) is -0.123. The molecule has 5 nitrogen and oxygen atoms in total. The van der Waals surface area contributed by atoms with E-state index in [2.05, 4.69) is 11.9 Å². The van der Waals surface area contributed by atoms with Crippen molar-refractivity contribution in [2.75, 3.05) is 0 Å². The molecule has 0 spiro atoms. The lowest BCUT2D eigenvalue weighted by Gasteiger charge is -2.18. The van der Waals surface area contributed by atoms with Crippen LogP contribution in [0.3, 0.4) is 0 Å². The highest BCUT2D eigenvalue weighted by Gasteiger charge is 2.36. The molecule has 3 rings (SSSR count). The van der Waals surface area contributed by atoms with Crippen molar-refractivity contribution in [2.45, 2.75) is 17.0 Å². The molecule has 0 aliphatic heterocycles. The van der Waals surface area contributed by atoms with Gasteiger partial charge in [-0.15, -0.1) is 0 Å². The Morgan fingerprint density at radius 3 is 2.58 bits per heavy atom. The van der Waals surface area contributed by atoms with E-state index in [1.54, 1.807) is 29.7 Å². The minimum Gasteiger partial charge on any atom is -0.332 e. The molecular weight excluding hydrogens is 453 g/mol. The van der Waals surface area contributed by atoms with Gasteiger partial charge in [-0.05, 0) is 64.1 Å². The van der Waals surface area contributed by atoms with Gasteiger partial charge in [-0.2, -0.15) is 0 Å². The lowest BCUT2D eigenvalue weighted by atomic mass is 10.1. The highest BCUT2D eigenvalue weighted by atomic mass is 35.5. The number of halogens is 1. The van der Waals surface area contributed by atoms with Crippen molar-refractivity contribution < 1.29 is 19.1 Å².